The summed E-state index contributed by atoms with van der Waals surface area (Å²) in [4.78, 5) is 21.6. The monoisotopic (exact) mass is 419 g/mol. The summed E-state index contributed by atoms with van der Waals surface area (Å²) in [5.41, 5.74) is 2.64. The van der Waals surface area contributed by atoms with Gasteiger partial charge >= 0.3 is 6.16 Å². The highest BCUT2D eigenvalue weighted by Gasteiger charge is 2.28. The molecule has 0 radical (unpaired) electrons. The first-order valence-electron chi connectivity index (χ1n) is 9.83. The van der Waals surface area contributed by atoms with Crippen LogP contribution in [0, 0.1) is 5.82 Å². The fraction of sp³-hybridized carbons (Fsp3) is 0.182. The van der Waals surface area contributed by atoms with Crippen LogP contribution in [0.5, 0.6) is 5.88 Å². The van der Waals surface area contributed by atoms with E-state index in [-0.39, 0.29) is 17.7 Å². The van der Waals surface area contributed by atoms with Gasteiger partial charge in [-0.05, 0) is 48.7 Å². The molecule has 0 saturated carbocycles. The maximum absolute atomic E-state index is 13.8. The number of ether oxygens (including phenoxy) is 1. The molecule has 31 heavy (non-hydrogen) atoms. The van der Waals surface area contributed by atoms with Crippen molar-refractivity contribution < 1.29 is 19.0 Å². The minimum absolute atomic E-state index is 0.0261. The molecule has 1 atom stereocenters. The zero-order valence-electron chi connectivity index (χ0n) is 16.3. The number of pyridine rings is 1. The highest BCUT2D eigenvalue weighted by atomic mass is 19.1. The standard InChI is InChI=1S/C22H18FN5O3/c23-15-5-1-4-14(12-15)17-7-3-11-27(17)20-10-9-19-24-13-18(28(19)26-20)16-6-2-8-21(25-16)31-22(29)30/h1-2,4-6,8-10,12-13,17H,3,7,11H2,(H,29,30). The molecule has 1 aromatic carbocycles. The van der Waals surface area contributed by atoms with Crippen molar-refractivity contribution >= 4 is 17.6 Å². The van der Waals surface area contributed by atoms with Gasteiger partial charge in [-0.1, -0.05) is 18.2 Å². The third kappa shape index (κ3) is 3.65. The summed E-state index contributed by atoms with van der Waals surface area (Å²) in [5, 5.41) is 13.6. The van der Waals surface area contributed by atoms with Crippen LogP contribution in [0.15, 0.2) is 60.8 Å². The van der Waals surface area contributed by atoms with Crippen LogP contribution in [0.2, 0.25) is 0 Å². The Bertz CT molecular complexity index is 1270. The summed E-state index contributed by atoms with van der Waals surface area (Å²) < 4.78 is 20.1. The molecule has 3 aromatic heterocycles. The van der Waals surface area contributed by atoms with Crippen molar-refractivity contribution in [1.82, 2.24) is 19.6 Å². The van der Waals surface area contributed by atoms with Gasteiger partial charge in [0.15, 0.2) is 5.65 Å². The van der Waals surface area contributed by atoms with Gasteiger partial charge in [0.2, 0.25) is 5.88 Å². The molecule has 0 spiro atoms. The summed E-state index contributed by atoms with van der Waals surface area (Å²) in [6.45, 7) is 0.809. The molecule has 156 valence electrons. The molecule has 4 aromatic rings. The lowest BCUT2D eigenvalue weighted by atomic mass is 10.0. The lowest BCUT2D eigenvalue weighted by molar-refractivity contribution is 0.142. The van der Waals surface area contributed by atoms with Gasteiger partial charge in [-0.3, -0.25) is 0 Å². The Kier molecular flexibility index (Phi) is 4.70. The molecule has 1 aliphatic rings. The van der Waals surface area contributed by atoms with E-state index in [9.17, 15) is 9.18 Å². The van der Waals surface area contributed by atoms with Gasteiger partial charge in [0.25, 0.3) is 0 Å². The molecule has 0 bridgehead atoms. The molecule has 1 unspecified atom stereocenters. The lowest BCUT2D eigenvalue weighted by Crippen LogP contribution is -2.24. The van der Waals surface area contributed by atoms with E-state index >= 15 is 0 Å². The van der Waals surface area contributed by atoms with Crippen LogP contribution in [-0.4, -0.2) is 37.4 Å². The second-order valence-corrected chi connectivity index (χ2v) is 7.24. The Morgan fingerprint density at radius 2 is 2.03 bits per heavy atom. The Labute approximate surface area is 176 Å². The zero-order chi connectivity index (χ0) is 21.4. The van der Waals surface area contributed by atoms with Crippen molar-refractivity contribution in [2.24, 2.45) is 0 Å². The Hall–Kier alpha value is -4.01. The number of aromatic nitrogens is 4. The van der Waals surface area contributed by atoms with Gasteiger partial charge in [-0.2, -0.15) is 0 Å². The normalized spacial score (nSPS) is 16.0. The minimum Gasteiger partial charge on any atom is -0.449 e. The highest BCUT2D eigenvalue weighted by Crippen LogP contribution is 2.35. The van der Waals surface area contributed by atoms with Gasteiger partial charge in [0.05, 0.1) is 17.9 Å². The second-order valence-electron chi connectivity index (χ2n) is 7.24. The summed E-state index contributed by atoms with van der Waals surface area (Å²) >= 11 is 0. The van der Waals surface area contributed by atoms with Crippen molar-refractivity contribution in [3.63, 3.8) is 0 Å². The van der Waals surface area contributed by atoms with Gasteiger partial charge in [0, 0.05) is 12.6 Å². The van der Waals surface area contributed by atoms with E-state index in [0.717, 1.165) is 30.8 Å². The molecule has 1 aliphatic heterocycles. The first-order valence-corrected chi connectivity index (χ1v) is 9.83. The van der Waals surface area contributed by atoms with Crippen LogP contribution in [0.4, 0.5) is 15.0 Å². The van der Waals surface area contributed by atoms with Gasteiger partial charge in [-0.25, -0.2) is 23.7 Å². The number of imidazole rings is 1. The van der Waals surface area contributed by atoms with Crippen molar-refractivity contribution in [2.75, 3.05) is 11.4 Å². The lowest BCUT2D eigenvalue weighted by Gasteiger charge is -2.26. The van der Waals surface area contributed by atoms with Crippen LogP contribution in [0.3, 0.4) is 0 Å². The number of benzene rings is 1. The van der Waals surface area contributed by atoms with Gasteiger partial charge in [0.1, 0.15) is 17.3 Å². The number of halogens is 1. The largest absolute Gasteiger partial charge is 0.512 e. The van der Waals surface area contributed by atoms with Crippen LogP contribution in [0.25, 0.3) is 17.0 Å². The predicted molar refractivity (Wildman–Crippen MR) is 111 cm³/mol. The summed E-state index contributed by atoms with van der Waals surface area (Å²) in [6.07, 6.45) is 2.09. The van der Waals surface area contributed by atoms with E-state index in [1.807, 2.05) is 18.2 Å². The van der Waals surface area contributed by atoms with Crippen molar-refractivity contribution in [2.45, 2.75) is 18.9 Å². The molecular formula is C22H18FN5O3. The summed E-state index contributed by atoms with van der Waals surface area (Å²) in [6, 6.07) is 15.3. The first-order chi connectivity index (χ1) is 15.1. The maximum atomic E-state index is 13.8. The second kappa shape index (κ2) is 7.67. The Morgan fingerprint density at radius 1 is 1.16 bits per heavy atom. The smallest absolute Gasteiger partial charge is 0.449 e. The number of hydrogen-bond donors (Lipinski definition) is 1. The Morgan fingerprint density at radius 3 is 2.87 bits per heavy atom. The average molecular weight is 419 g/mol. The van der Waals surface area contributed by atoms with Gasteiger partial charge < -0.3 is 14.7 Å². The van der Waals surface area contributed by atoms with Gasteiger partial charge in [-0.15, -0.1) is 5.10 Å². The molecule has 0 aliphatic carbocycles. The fourth-order valence-corrected chi connectivity index (χ4v) is 4.00. The van der Waals surface area contributed by atoms with E-state index in [1.54, 1.807) is 35.0 Å². The third-order valence-electron chi connectivity index (χ3n) is 5.31. The Balaban J connectivity index is 1.53. The van der Waals surface area contributed by atoms with E-state index in [1.165, 1.54) is 12.1 Å². The van der Waals surface area contributed by atoms with Crippen LogP contribution >= 0.6 is 0 Å². The molecule has 0 amide bonds. The molecule has 5 rings (SSSR count). The number of rotatable bonds is 4. The molecular weight excluding hydrogens is 401 g/mol. The molecule has 8 nitrogen and oxygen atoms in total. The van der Waals surface area contributed by atoms with E-state index in [0.29, 0.717) is 17.0 Å². The number of carbonyl (C=O) groups is 1. The predicted octanol–water partition coefficient (Wildman–Crippen LogP) is 4.33. The quantitative estimate of drug-likeness (QED) is 0.492. The summed E-state index contributed by atoms with van der Waals surface area (Å²) in [5.74, 6) is 0.470. The van der Waals surface area contributed by atoms with E-state index in [2.05, 4.69) is 19.6 Å². The molecule has 1 N–H and O–H groups in total. The number of carboxylic acid groups (broad SMARTS) is 1. The topological polar surface area (TPSA) is 92.9 Å². The molecule has 9 heteroatoms. The number of hydrogen-bond acceptors (Lipinski definition) is 6. The highest BCUT2D eigenvalue weighted by molar-refractivity contribution is 5.63. The molecule has 4 heterocycles. The van der Waals surface area contributed by atoms with Crippen LogP contribution < -0.4 is 9.64 Å². The molecule has 1 fully saturated rings. The fourth-order valence-electron chi connectivity index (χ4n) is 4.00. The van der Waals surface area contributed by atoms with Crippen molar-refractivity contribution in [3.05, 3.63) is 72.2 Å². The van der Waals surface area contributed by atoms with Crippen LogP contribution in [-0.2, 0) is 0 Å². The zero-order valence-corrected chi connectivity index (χ0v) is 16.3. The maximum Gasteiger partial charge on any atom is 0.512 e. The first kappa shape index (κ1) is 19.0. The average Bonchev–Trinajstić information content (AvgIpc) is 3.40. The third-order valence-corrected chi connectivity index (χ3v) is 5.31. The van der Waals surface area contributed by atoms with E-state index < -0.39 is 6.16 Å². The van der Waals surface area contributed by atoms with Crippen LogP contribution in [0.1, 0.15) is 24.4 Å². The van der Waals surface area contributed by atoms with Crippen molar-refractivity contribution in [1.29, 1.82) is 0 Å². The SMILES string of the molecule is O=C(O)Oc1cccc(-c2cnc3ccc(N4CCCC4c4cccc(F)c4)nn23)n1. The number of anilines is 1. The molecule has 1 saturated heterocycles. The number of fused-ring (bicyclic) bond motifs is 1. The van der Waals surface area contributed by atoms with Crippen molar-refractivity contribution in [3.8, 4) is 17.3 Å². The summed E-state index contributed by atoms with van der Waals surface area (Å²) in [7, 11) is 0. The van der Waals surface area contributed by atoms with E-state index in [4.69, 9.17) is 10.2 Å². The minimum atomic E-state index is -1.43. The number of nitrogens with zero attached hydrogens (tertiary/aromatic N) is 5.